The summed E-state index contributed by atoms with van der Waals surface area (Å²) in [6.07, 6.45) is 2.42. The summed E-state index contributed by atoms with van der Waals surface area (Å²) in [5.74, 6) is 2.82. The minimum Gasteiger partial charge on any atom is -0.490 e. The Bertz CT molecular complexity index is 921. The number of hydrogen-bond acceptors (Lipinski definition) is 7. The zero-order valence-corrected chi connectivity index (χ0v) is 15.0. The van der Waals surface area contributed by atoms with Gasteiger partial charge in [-0.15, -0.1) is 10.2 Å². The quantitative estimate of drug-likeness (QED) is 0.503. The van der Waals surface area contributed by atoms with Crippen molar-refractivity contribution in [1.29, 1.82) is 0 Å². The summed E-state index contributed by atoms with van der Waals surface area (Å²) in [6.45, 7) is 1.22. The van der Waals surface area contributed by atoms with Crippen molar-refractivity contribution in [2.24, 2.45) is 7.05 Å². The zero-order chi connectivity index (χ0) is 17.9. The molecule has 1 aromatic carbocycles. The number of rotatable bonds is 5. The van der Waals surface area contributed by atoms with Gasteiger partial charge in [0.2, 0.25) is 0 Å². The summed E-state index contributed by atoms with van der Waals surface area (Å²) in [7, 11) is 1.85. The Morgan fingerprint density at radius 3 is 2.85 bits per heavy atom. The molecule has 0 N–H and O–H groups in total. The van der Waals surface area contributed by atoms with Crippen LogP contribution < -0.4 is 9.47 Å². The molecule has 0 bridgehead atoms. The fourth-order valence-electron chi connectivity index (χ4n) is 2.61. The molecule has 0 saturated heterocycles. The first-order valence-electron chi connectivity index (χ1n) is 8.21. The third-order valence-electron chi connectivity index (χ3n) is 3.98. The number of ether oxygens (including phenoxy) is 2. The van der Waals surface area contributed by atoms with Gasteiger partial charge in [-0.1, -0.05) is 11.8 Å². The Morgan fingerprint density at radius 2 is 2.04 bits per heavy atom. The minimum absolute atomic E-state index is 0.00630. The number of nitrogens with zero attached hydrogens (tertiary/aromatic N) is 3. The highest BCUT2D eigenvalue weighted by molar-refractivity contribution is 7.99. The molecule has 1 aliphatic heterocycles. The van der Waals surface area contributed by atoms with Crippen LogP contribution >= 0.6 is 11.8 Å². The molecule has 0 fully saturated rings. The molecule has 3 heterocycles. The molecule has 0 atom stereocenters. The van der Waals surface area contributed by atoms with E-state index in [2.05, 4.69) is 10.2 Å². The first-order chi connectivity index (χ1) is 12.7. The van der Waals surface area contributed by atoms with Crippen molar-refractivity contribution in [2.75, 3.05) is 19.0 Å². The molecule has 2 aromatic heterocycles. The topological polar surface area (TPSA) is 79.4 Å². The number of hydrogen-bond donors (Lipinski definition) is 0. The summed E-state index contributed by atoms with van der Waals surface area (Å²) >= 11 is 1.34. The summed E-state index contributed by atoms with van der Waals surface area (Å²) in [4.78, 5) is 12.5. The van der Waals surface area contributed by atoms with Gasteiger partial charge in [-0.25, -0.2) is 0 Å². The third-order valence-corrected chi connectivity index (χ3v) is 5.00. The Kier molecular flexibility index (Phi) is 4.66. The van der Waals surface area contributed by atoms with Crippen LogP contribution in [-0.2, 0) is 7.05 Å². The van der Waals surface area contributed by atoms with E-state index in [1.807, 2.05) is 17.7 Å². The third kappa shape index (κ3) is 3.32. The number of carbonyl (C=O) groups excluding carboxylic acids is 1. The van der Waals surface area contributed by atoms with Crippen LogP contribution in [0.1, 0.15) is 16.8 Å². The predicted octanol–water partition coefficient (Wildman–Crippen LogP) is 3.21. The lowest BCUT2D eigenvalue weighted by atomic mass is 10.1. The van der Waals surface area contributed by atoms with E-state index >= 15 is 0 Å². The number of carbonyl (C=O) groups is 1. The minimum atomic E-state index is -0.00630. The Labute approximate surface area is 154 Å². The van der Waals surface area contributed by atoms with Crippen molar-refractivity contribution in [2.45, 2.75) is 11.6 Å². The van der Waals surface area contributed by atoms with E-state index in [1.165, 1.54) is 11.8 Å². The van der Waals surface area contributed by atoms with E-state index in [1.54, 1.807) is 30.5 Å². The van der Waals surface area contributed by atoms with Gasteiger partial charge < -0.3 is 18.5 Å². The molecule has 134 valence electrons. The van der Waals surface area contributed by atoms with Gasteiger partial charge in [0.05, 0.1) is 25.2 Å². The standard InChI is InChI=1S/C18H17N3O4S/c1-21-17(15-4-2-7-24-15)19-20-18(21)26-11-13(22)12-5-6-14-16(10-12)25-9-3-8-23-14/h2,4-7,10H,3,8-9,11H2,1H3. The van der Waals surface area contributed by atoms with E-state index < -0.39 is 0 Å². The van der Waals surface area contributed by atoms with Crippen LogP contribution in [0.25, 0.3) is 11.6 Å². The molecular formula is C18H17N3O4S. The lowest BCUT2D eigenvalue weighted by Crippen LogP contribution is -2.05. The van der Waals surface area contributed by atoms with Crippen molar-refractivity contribution in [3.05, 3.63) is 42.2 Å². The van der Waals surface area contributed by atoms with Gasteiger partial charge >= 0.3 is 0 Å². The van der Waals surface area contributed by atoms with E-state index in [4.69, 9.17) is 13.9 Å². The fourth-order valence-corrected chi connectivity index (χ4v) is 3.42. The highest BCUT2D eigenvalue weighted by atomic mass is 32.2. The lowest BCUT2D eigenvalue weighted by Gasteiger charge is -2.08. The number of fused-ring (bicyclic) bond motifs is 1. The SMILES string of the molecule is Cn1c(SCC(=O)c2ccc3c(c2)OCCCO3)nnc1-c1ccco1. The maximum absolute atomic E-state index is 12.5. The molecular weight excluding hydrogens is 354 g/mol. The number of Topliss-reactive ketones (excluding diaryl/α,β-unsaturated/α-hetero) is 1. The molecule has 0 saturated carbocycles. The average molecular weight is 371 g/mol. The summed E-state index contributed by atoms with van der Waals surface area (Å²) in [5.41, 5.74) is 0.593. The van der Waals surface area contributed by atoms with Crippen molar-refractivity contribution in [1.82, 2.24) is 14.8 Å². The Morgan fingerprint density at radius 1 is 1.19 bits per heavy atom. The van der Waals surface area contributed by atoms with Gasteiger partial charge in [-0.05, 0) is 30.3 Å². The highest BCUT2D eigenvalue weighted by Gasteiger charge is 2.17. The van der Waals surface area contributed by atoms with Crippen LogP contribution in [0.4, 0.5) is 0 Å². The van der Waals surface area contributed by atoms with Crippen molar-refractivity contribution < 1.29 is 18.7 Å². The largest absolute Gasteiger partial charge is 0.490 e. The second-order valence-electron chi connectivity index (χ2n) is 5.77. The van der Waals surface area contributed by atoms with Crippen molar-refractivity contribution in [3.63, 3.8) is 0 Å². The zero-order valence-electron chi connectivity index (χ0n) is 14.2. The van der Waals surface area contributed by atoms with Crippen molar-refractivity contribution in [3.8, 4) is 23.1 Å². The molecule has 0 unspecified atom stereocenters. The molecule has 0 aliphatic carbocycles. The fraction of sp³-hybridized carbons (Fsp3) is 0.278. The number of aromatic nitrogens is 3. The summed E-state index contributed by atoms with van der Waals surface area (Å²) < 4.78 is 18.4. The maximum atomic E-state index is 12.5. The van der Waals surface area contributed by atoms with Crippen LogP contribution in [0.15, 0.2) is 46.2 Å². The predicted molar refractivity (Wildman–Crippen MR) is 95.8 cm³/mol. The molecule has 0 amide bonds. The molecule has 0 spiro atoms. The van der Waals surface area contributed by atoms with Crippen LogP contribution in [0.3, 0.4) is 0 Å². The van der Waals surface area contributed by atoms with Gasteiger partial charge in [0.25, 0.3) is 0 Å². The summed E-state index contributed by atoms with van der Waals surface area (Å²) in [6, 6.07) is 8.91. The lowest BCUT2D eigenvalue weighted by molar-refractivity contribution is 0.102. The Hall–Kier alpha value is -2.74. The average Bonchev–Trinajstić information content (AvgIpc) is 3.23. The monoisotopic (exact) mass is 371 g/mol. The number of furan rings is 1. The summed E-state index contributed by atoms with van der Waals surface area (Å²) in [5, 5.41) is 8.92. The van der Waals surface area contributed by atoms with E-state index in [0.717, 1.165) is 6.42 Å². The molecule has 26 heavy (non-hydrogen) atoms. The molecule has 4 rings (SSSR count). The number of benzene rings is 1. The molecule has 8 heteroatoms. The van der Waals surface area contributed by atoms with Gasteiger partial charge in [-0.2, -0.15) is 0 Å². The molecule has 1 aliphatic rings. The second kappa shape index (κ2) is 7.25. The van der Waals surface area contributed by atoms with E-state index in [9.17, 15) is 4.79 Å². The number of thioether (sulfide) groups is 1. The van der Waals surface area contributed by atoms with Gasteiger partial charge in [-0.3, -0.25) is 4.79 Å². The maximum Gasteiger partial charge on any atom is 0.200 e. The van der Waals surface area contributed by atoms with Crippen molar-refractivity contribution >= 4 is 17.5 Å². The number of ketones is 1. The smallest absolute Gasteiger partial charge is 0.200 e. The molecule has 7 nitrogen and oxygen atoms in total. The van der Waals surface area contributed by atoms with Crippen LogP contribution in [0, 0.1) is 0 Å². The van der Waals surface area contributed by atoms with Crippen LogP contribution in [0.2, 0.25) is 0 Å². The first-order valence-corrected chi connectivity index (χ1v) is 9.20. The van der Waals surface area contributed by atoms with Gasteiger partial charge in [0.1, 0.15) is 0 Å². The molecule has 0 radical (unpaired) electrons. The molecule has 3 aromatic rings. The Balaban J connectivity index is 1.45. The van der Waals surface area contributed by atoms with Gasteiger partial charge in [0.15, 0.2) is 34.0 Å². The second-order valence-corrected chi connectivity index (χ2v) is 6.71. The first kappa shape index (κ1) is 16.7. The van der Waals surface area contributed by atoms with Crippen LogP contribution in [-0.4, -0.2) is 39.5 Å². The normalized spacial score (nSPS) is 13.4. The van der Waals surface area contributed by atoms with Gasteiger partial charge in [0, 0.05) is 19.0 Å². The van der Waals surface area contributed by atoms with E-state index in [0.29, 0.717) is 47.0 Å². The highest BCUT2D eigenvalue weighted by Crippen LogP contribution is 2.31. The van der Waals surface area contributed by atoms with Crippen LogP contribution in [0.5, 0.6) is 11.5 Å². The van der Waals surface area contributed by atoms with E-state index in [-0.39, 0.29) is 11.5 Å².